The first-order chi connectivity index (χ1) is 8.59. The van der Waals surface area contributed by atoms with E-state index in [-0.39, 0.29) is 5.60 Å². The molecule has 2 rings (SSSR count). The molecule has 0 aliphatic heterocycles. The Kier molecular flexibility index (Phi) is 3.97. The van der Waals surface area contributed by atoms with Gasteiger partial charge in [0.2, 0.25) is 0 Å². The van der Waals surface area contributed by atoms with Crippen LogP contribution in [-0.4, -0.2) is 21.7 Å². The van der Waals surface area contributed by atoms with Gasteiger partial charge >= 0.3 is 0 Å². The van der Waals surface area contributed by atoms with Crippen molar-refractivity contribution in [2.75, 3.05) is 6.61 Å². The smallest absolute Gasteiger partial charge is 0.160 e. The Labute approximate surface area is 108 Å². The predicted molar refractivity (Wildman–Crippen MR) is 69.2 cm³/mol. The molecule has 1 N–H and O–H groups in total. The van der Waals surface area contributed by atoms with E-state index in [9.17, 15) is 5.11 Å². The normalized spacial score (nSPS) is 20.0. The van der Waals surface area contributed by atoms with Crippen LogP contribution in [0.4, 0.5) is 0 Å². The van der Waals surface area contributed by atoms with Gasteiger partial charge in [-0.05, 0) is 46.5 Å². The molecule has 0 bridgehead atoms. The zero-order valence-corrected chi connectivity index (χ0v) is 11.4. The molecule has 4 nitrogen and oxygen atoms in total. The van der Waals surface area contributed by atoms with E-state index in [4.69, 9.17) is 4.74 Å². The van der Waals surface area contributed by atoms with E-state index in [0.717, 1.165) is 29.9 Å². The lowest BCUT2D eigenvalue weighted by atomic mass is 10.00. The third-order valence-corrected chi connectivity index (χ3v) is 3.71. The molecule has 1 fully saturated rings. The maximum absolute atomic E-state index is 9.62. The molecule has 18 heavy (non-hydrogen) atoms. The molecule has 100 valence electrons. The minimum absolute atomic E-state index is 0.295. The second-order valence-corrected chi connectivity index (χ2v) is 5.04. The van der Waals surface area contributed by atoms with Crippen LogP contribution in [0.3, 0.4) is 0 Å². The van der Waals surface area contributed by atoms with Crippen molar-refractivity contribution in [3.8, 4) is 0 Å². The van der Waals surface area contributed by atoms with Crippen LogP contribution in [0.15, 0.2) is 6.20 Å². The van der Waals surface area contributed by atoms with E-state index in [1.165, 1.54) is 12.8 Å². The second kappa shape index (κ2) is 5.33. The highest BCUT2D eigenvalue weighted by molar-refractivity contribution is 5.20. The molecule has 0 saturated heterocycles. The zero-order valence-electron chi connectivity index (χ0n) is 11.4. The second-order valence-electron chi connectivity index (χ2n) is 5.04. The summed E-state index contributed by atoms with van der Waals surface area (Å²) in [6.07, 6.45) is 5.54. The number of aliphatic hydroxyl groups is 1. The van der Waals surface area contributed by atoms with Crippen molar-refractivity contribution in [3.63, 3.8) is 0 Å². The van der Waals surface area contributed by atoms with E-state index >= 15 is 0 Å². The Balaban J connectivity index is 2.34. The number of aliphatic hydroxyl groups excluding tert-OH is 1. The summed E-state index contributed by atoms with van der Waals surface area (Å²) >= 11 is 0. The summed E-state index contributed by atoms with van der Waals surface area (Å²) in [5, 5.41) is 9.62. The lowest BCUT2D eigenvalue weighted by Gasteiger charge is -2.27. The number of hydrogen-bond donors (Lipinski definition) is 1. The molecule has 0 amide bonds. The molecule has 1 aliphatic rings. The first kappa shape index (κ1) is 13.4. The molecular weight excluding hydrogens is 228 g/mol. The molecule has 0 radical (unpaired) electrons. The quantitative estimate of drug-likeness (QED) is 0.892. The third kappa shape index (κ3) is 2.40. The summed E-state index contributed by atoms with van der Waals surface area (Å²) in [7, 11) is 0. The number of rotatable bonds is 4. The molecule has 4 heteroatoms. The highest BCUT2D eigenvalue weighted by atomic mass is 16.5. The van der Waals surface area contributed by atoms with Gasteiger partial charge in [-0.1, -0.05) is 0 Å². The summed E-state index contributed by atoms with van der Waals surface area (Å²) < 4.78 is 5.94. The summed E-state index contributed by atoms with van der Waals surface area (Å²) in [5.41, 5.74) is 1.35. The van der Waals surface area contributed by atoms with E-state index in [0.29, 0.717) is 6.61 Å². The van der Waals surface area contributed by atoms with Crippen molar-refractivity contribution in [1.29, 1.82) is 0 Å². The summed E-state index contributed by atoms with van der Waals surface area (Å²) in [4.78, 5) is 9.01. The average molecular weight is 250 g/mol. The maximum Gasteiger partial charge on any atom is 0.160 e. The molecule has 1 aliphatic carbocycles. The van der Waals surface area contributed by atoms with Crippen LogP contribution in [-0.2, 0) is 10.3 Å². The Morgan fingerprint density at radius 3 is 2.61 bits per heavy atom. The van der Waals surface area contributed by atoms with E-state index in [2.05, 4.69) is 9.97 Å². The van der Waals surface area contributed by atoms with E-state index in [1.54, 1.807) is 13.1 Å². The van der Waals surface area contributed by atoms with Gasteiger partial charge in [-0.15, -0.1) is 0 Å². The fourth-order valence-electron chi connectivity index (χ4n) is 2.76. The molecule has 1 heterocycles. The van der Waals surface area contributed by atoms with Gasteiger partial charge in [0, 0.05) is 24.1 Å². The average Bonchev–Trinajstić information content (AvgIpc) is 2.78. The lowest BCUT2D eigenvalue weighted by Crippen LogP contribution is -2.29. The number of ether oxygens (including phenoxy) is 1. The van der Waals surface area contributed by atoms with Crippen LogP contribution in [0.1, 0.15) is 62.7 Å². The Hall–Kier alpha value is -1.00. The highest BCUT2D eigenvalue weighted by Crippen LogP contribution is 2.40. The van der Waals surface area contributed by atoms with Gasteiger partial charge in [0.25, 0.3) is 0 Å². The molecular formula is C14H22N2O2. The maximum atomic E-state index is 9.62. The highest BCUT2D eigenvalue weighted by Gasteiger charge is 2.39. The third-order valence-electron chi connectivity index (χ3n) is 3.71. The van der Waals surface area contributed by atoms with Crippen LogP contribution in [0.5, 0.6) is 0 Å². The van der Waals surface area contributed by atoms with Crippen molar-refractivity contribution < 1.29 is 9.84 Å². The Bertz CT molecular complexity index is 412. The van der Waals surface area contributed by atoms with Crippen molar-refractivity contribution in [2.45, 2.75) is 58.2 Å². The minimum atomic E-state index is -0.523. The van der Waals surface area contributed by atoms with Gasteiger partial charge in [0.1, 0.15) is 5.60 Å². The first-order valence-electron chi connectivity index (χ1n) is 6.75. The van der Waals surface area contributed by atoms with Crippen LogP contribution in [0, 0.1) is 6.92 Å². The fourth-order valence-corrected chi connectivity index (χ4v) is 2.76. The van der Waals surface area contributed by atoms with Gasteiger partial charge in [-0.3, -0.25) is 0 Å². The SMILES string of the molecule is CCOC1(c2ncc([C@@H](C)O)c(C)n2)CCCC1. The molecule has 0 spiro atoms. The van der Waals surface area contributed by atoms with Gasteiger partial charge in [0.15, 0.2) is 5.82 Å². The topological polar surface area (TPSA) is 55.2 Å². The number of nitrogens with zero attached hydrogens (tertiary/aromatic N) is 2. The fraction of sp³-hybridized carbons (Fsp3) is 0.714. The van der Waals surface area contributed by atoms with Crippen LogP contribution >= 0.6 is 0 Å². The van der Waals surface area contributed by atoms with Crippen LogP contribution in [0.2, 0.25) is 0 Å². The minimum Gasteiger partial charge on any atom is -0.389 e. The number of aryl methyl sites for hydroxylation is 1. The van der Waals surface area contributed by atoms with Crippen molar-refractivity contribution in [2.24, 2.45) is 0 Å². The van der Waals surface area contributed by atoms with Crippen molar-refractivity contribution in [1.82, 2.24) is 9.97 Å². The molecule has 1 saturated carbocycles. The molecule has 1 aromatic rings. The number of hydrogen-bond acceptors (Lipinski definition) is 4. The first-order valence-corrected chi connectivity index (χ1v) is 6.75. The monoisotopic (exact) mass is 250 g/mol. The Morgan fingerprint density at radius 1 is 1.44 bits per heavy atom. The summed E-state index contributed by atoms with van der Waals surface area (Å²) in [6.45, 7) is 6.35. The van der Waals surface area contributed by atoms with Crippen LogP contribution in [0.25, 0.3) is 0 Å². The Morgan fingerprint density at radius 2 is 2.11 bits per heavy atom. The molecule has 1 atom stereocenters. The van der Waals surface area contributed by atoms with E-state index < -0.39 is 6.10 Å². The van der Waals surface area contributed by atoms with Gasteiger partial charge in [-0.25, -0.2) is 9.97 Å². The van der Waals surface area contributed by atoms with Crippen LogP contribution < -0.4 is 0 Å². The van der Waals surface area contributed by atoms with Crippen molar-refractivity contribution in [3.05, 3.63) is 23.3 Å². The molecule has 0 unspecified atom stereocenters. The van der Waals surface area contributed by atoms with Crippen molar-refractivity contribution >= 4 is 0 Å². The molecule has 1 aromatic heterocycles. The summed E-state index contributed by atoms with van der Waals surface area (Å²) in [6, 6.07) is 0. The summed E-state index contributed by atoms with van der Waals surface area (Å²) in [5.74, 6) is 0.781. The van der Waals surface area contributed by atoms with Gasteiger partial charge < -0.3 is 9.84 Å². The standard InChI is InChI=1S/C14H22N2O2/c1-4-18-14(7-5-6-8-14)13-15-9-12(11(3)17)10(2)16-13/h9,11,17H,4-8H2,1-3H3/t11-/m1/s1. The molecule has 0 aromatic carbocycles. The van der Waals surface area contributed by atoms with E-state index in [1.807, 2.05) is 13.8 Å². The lowest BCUT2D eigenvalue weighted by molar-refractivity contribution is -0.0459. The van der Waals surface area contributed by atoms with Gasteiger partial charge in [0.05, 0.1) is 6.10 Å². The predicted octanol–water partition coefficient (Wildman–Crippen LogP) is 2.64. The van der Waals surface area contributed by atoms with Gasteiger partial charge in [-0.2, -0.15) is 0 Å². The zero-order chi connectivity index (χ0) is 13.2. The number of aromatic nitrogens is 2. The largest absolute Gasteiger partial charge is 0.389 e.